The van der Waals surface area contributed by atoms with Crippen molar-refractivity contribution >= 4 is 28.7 Å². The van der Waals surface area contributed by atoms with E-state index in [0.717, 1.165) is 29.4 Å². The Hall–Kier alpha value is -2.87. The summed E-state index contributed by atoms with van der Waals surface area (Å²) in [5.74, 6) is -0.265. The molecule has 0 spiro atoms. The van der Waals surface area contributed by atoms with Crippen molar-refractivity contribution in [1.29, 1.82) is 0 Å². The highest BCUT2D eigenvalue weighted by Gasteiger charge is 2.24. The molecule has 8 nitrogen and oxygen atoms in total. The van der Waals surface area contributed by atoms with Gasteiger partial charge in [-0.25, -0.2) is 4.79 Å². The number of carbonyl (C=O) groups excluding carboxylic acids is 1. The van der Waals surface area contributed by atoms with Crippen LogP contribution in [0.4, 0.5) is 0 Å². The summed E-state index contributed by atoms with van der Waals surface area (Å²) in [6, 6.07) is 8.01. The molecule has 0 radical (unpaired) electrons. The zero-order chi connectivity index (χ0) is 20.0. The Labute approximate surface area is 165 Å². The second-order valence-electron chi connectivity index (χ2n) is 7.06. The monoisotopic (exact) mass is 401 g/mol. The van der Waals surface area contributed by atoms with E-state index in [2.05, 4.69) is 16.4 Å². The summed E-state index contributed by atoms with van der Waals surface area (Å²) >= 11 is 6.19. The van der Waals surface area contributed by atoms with Crippen LogP contribution in [0.25, 0.3) is 11.2 Å². The molecule has 4 rings (SSSR count). The molecule has 146 valence electrons. The molecular formula is C19H20ClN5O3. The minimum absolute atomic E-state index is 0.00695. The fourth-order valence-electron chi connectivity index (χ4n) is 3.85. The van der Waals surface area contributed by atoms with Crippen molar-refractivity contribution in [3.8, 4) is 0 Å². The van der Waals surface area contributed by atoms with E-state index >= 15 is 0 Å². The Morgan fingerprint density at radius 2 is 2.00 bits per heavy atom. The van der Waals surface area contributed by atoms with Crippen molar-refractivity contribution in [2.45, 2.75) is 31.8 Å². The third-order valence-electron chi connectivity index (χ3n) is 5.31. The van der Waals surface area contributed by atoms with Crippen molar-refractivity contribution in [3.63, 3.8) is 0 Å². The molecule has 1 aliphatic carbocycles. The number of carbonyl (C=O) groups is 1. The molecule has 1 N–H and O–H groups in total. The number of fused-ring (bicyclic) bond motifs is 2. The maximum Gasteiger partial charge on any atom is 0.332 e. The van der Waals surface area contributed by atoms with Crippen molar-refractivity contribution in [3.05, 3.63) is 61.5 Å². The molecular weight excluding hydrogens is 382 g/mol. The third kappa shape index (κ3) is 2.93. The molecule has 9 heteroatoms. The van der Waals surface area contributed by atoms with Gasteiger partial charge < -0.3 is 5.32 Å². The van der Waals surface area contributed by atoms with Crippen LogP contribution in [-0.2, 0) is 31.9 Å². The average Bonchev–Trinajstić information content (AvgIpc) is 3.01. The Balaban J connectivity index is 1.66. The number of hydrogen-bond acceptors (Lipinski definition) is 4. The number of aryl methyl sites for hydroxylation is 2. The lowest BCUT2D eigenvalue weighted by atomic mass is 9.88. The van der Waals surface area contributed by atoms with Crippen LogP contribution in [0.3, 0.4) is 0 Å². The van der Waals surface area contributed by atoms with E-state index in [0.29, 0.717) is 0 Å². The van der Waals surface area contributed by atoms with Crippen LogP contribution in [0, 0.1) is 0 Å². The van der Waals surface area contributed by atoms with Crippen molar-refractivity contribution < 1.29 is 4.79 Å². The van der Waals surface area contributed by atoms with Crippen molar-refractivity contribution in [2.75, 3.05) is 0 Å². The molecule has 28 heavy (non-hydrogen) atoms. The number of benzene rings is 1. The predicted molar refractivity (Wildman–Crippen MR) is 105 cm³/mol. The maximum atomic E-state index is 12.7. The fraction of sp³-hybridized carbons (Fsp3) is 0.368. The standard InChI is InChI=1S/C19H20ClN5O3/c1-23-16-15(17(27)24(2)19(23)28)25(18(20)22-16)10-14(26)21-13-9-5-7-11-6-3-4-8-12(11)13/h3-4,6,8,13H,5,7,9-10H2,1-2H3,(H,21,26). The number of halogens is 1. The van der Waals surface area contributed by atoms with Crippen LogP contribution in [0.2, 0.25) is 5.28 Å². The molecule has 0 aliphatic heterocycles. The van der Waals surface area contributed by atoms with E-state index in [1.165, 1.54) is 28.8 Å². The van der Waals surface area contributed by atoms with Gasteiger partial charge in [0.2, 0.25) is 11.2 Å². The lowest BCUT2D eigenvalue weighted by Gasteiger charge is -2.26. The highest BCUT2D eigenvalue weighted by molar-refractivity contribution is 6.29. The first-order valence-corrected chi connectivity index (χ1v) is 9.45. The smallest absolute Gasteiger partial charge is 0.332 e. The second-order valence-corrected chi connectivity index (χ2v) is 7.39. The van der Waals surface area contributed by atoms with Crippen molar-refractivity contribution in [1.82, 2.24) is 24.0 Å². The summed E-state index contributed by atoms with van der Waals surface area (Å²) < 4.78 is 3.57. The summed E-state index contributed by atoms with van der Waals surface area (Å²) in [7, 11) is 2.89. The summed E-state index contributed by atoms with van der Waals surface area (Å²) in [4.78, 5) is 41.5. The van der Waals surface area contributed by atoms with E-state index in [1.807, 2.05) is 18.2 Å². The quantitative estimate of drug-likeness (QED) is 0.669. The van der Waals surface area contributed by atoms with Crippen LogP contribution < -0.4 is 16.6 Å². The summed E-state index contributed by atoms with van der Waals surface area (Å²) in [6.45, 7) is -0.151. The molecule has 0 saturated heterocycles. The average molecular weight is 402 g/mol. The Morgan fingerprint density at radius 3 is 2.79 bits per heavy atom. The molecule has 3 aromatic rings. The van der Waals surface area contributed by atoms with Gasteiger partial charge >= 0.3 is 5.69 Å². The van der Waals surface area contributed by atoms with E-state index < -0.39 is 11.2 Å². The molecule has 2 aromatic heterocycles. The van der Waals surface area contributed by atoms with Gasteiger partial charge in [0.25, 0.3) is 5.56 Å². The number of hydrogen-bond donors (Lipinski definition) is 1. The number of nitrogens with one attached hydrogen (secondary N) is 1. The number of aromatic nitrogens is 4. The summed E-state index contributed by atoms with van der Waals surface area (Å²) in [5, 5.41) is 3.03. The summed E-state index contributed by atoms with van der Waals surface area (Å²) in [6.07, 6.45) is 2.86. The lowest BCUT2D eigenvalue weighted by Crippen LogP contribution is -2.38. The Bertz CT molecular complexity index is 1210. The predicted octanol–water partition coefficient (Wildman–Crippen LogP) is 1.28. The Kier molecular flexibility index (Phi) is 4.58. The van der Waals surface area contributed by atoms with Crippen LogP contribution in [0.15, 0.2) is 33.9 Å². The van der Waals surface area contributed by atoms with Crippen LogP contribution >= 0.6 is 11.6 Å². The van der Waals surface area contributed by atoms with E-state index in [9.17, 15) is 14.4 Å². The summed E-state index contributed by atoms with van der Waals surface area (Å²) in [5.41, 5.74) is 1.63. The highest BCUT2D eigenvalue weighted by atomic mass is 35.5. The molecule has 0 fully saturated rings. The number of nitrogens with zero attached hydrogens (tertiary/aromatic N) is 4. The van der Waals surface area contributed by atoms with E-state index in [-0.39, 0.29) is 34.9 Å². The van der Waals surface area contributed by atoms with Gasteiger partial charge in [-0.3, -0.25) is 23.3 Å². The maximum absolute atomic E-state index is 12.7. The van der Waals surface area contributed by atoms with Gasteiger partial charge in [-0.15, -0.1) is 0 Å². The zero-order valence-corrected chi connectivity index (χ0v) is 16.4. The molecule has 1 aliphatic rings. The minimum Gasteiger partial charge on any atom is -0.348 e. The van der Waals surface area contributed by atoms with Gasteiger partial charge in [-0.2, -0.15) is 4.98 Å². The molecule has 0 bridgehead atoms. The van der Waals surface area contributed by atoms with Gasteiger partial charge in [0.1, 0.15) is 6.54 Å². The van der Waals surface area contributed by atoms with Gasteiger partial charge in [-0.05, 0) is 42.0 Å². The van der Waals surface area contributed by atoms with Gasteiger partial charge in [-0.1, -0.05) is 24.3 Å². The van der Waals surface area contributed by atoms with E-state index in [4.69, 9.17) is 11.6 Å². The van der Waals surface area contributed by atoms with Gasteiger partial charge in [0, 0.05) is 14.1 Å². The van der Waals surface area contributed by atoms with Gasteiger partial charge in [0.05, 0.1) is 6.04 Å². The molecule has 1 amide bonds. The van der Waals surface area contributed by atoms with Crippen molar-refractivity contribution in [2.24, 2.45) is 14.1 Å². The fourth-order valence-corrected chi connectivity index (χ4v) is 4.08. The number of rotatable bonds is 3. The zero-order valence-electron chi connectivity index (χ0n) is 15.6. The molecule has 2 heterocycles. The van der Waals surface area contributed by atoms with Crippen LogP contribution in [-0.4, -0.2) is 24.6 Å². The normalized spacial score (nSPS) is 16.2. The second kappa shape index (κ2) is 6.94. The molecule has 0 saturated carbocycles. The number of amides is 1. The third-order valence-corrected chi connectivity index (χ3v) is 5.60. The SMILES string of the molecule is Cn1c(=O)c2c(nc(Cl)n2CC(=O)NC2CCCc3ccccc32)n(C)c1=O. The number of imidazole rings is 1. The minimum atomic E-state index is -0.534. The van der Waals surface area contributed by atoms with E-state index in [1.54, 1.807) is 0 Å². The first-order valence-electron chi connectivity index (χ1n) is 9.07. The van der Waals surface area contributed by atoms with Crippen LogP contribution in [0.1, 0.15) is 30.0 Å². The topological polar surface area (TPSA) is 90.9 Å². The highest BCUT2D eigenvalue weighted by Crippen LogP contribution is 2.29. The first kappa shape index (κ1) is 18.5. The molecule has 1 aromatic carbocycles. The molecule has 1 unspecified atom stereocenters. The lowest BCUT2D eigenvalue weighted by molar-refractivity contribution is -0.122. The Morgan fingerprint density at radius 1 is 1.25 bits per heavy atom. The van der Waals surface area contributed by atoms with Crippen LogP contribution in [0.5, 0.6) is 0 Å². The van der Waals surface area contributed by atoms with Gasteiger partial charge in [0.15, 0.2) is 11.2 Å². The largest absolute Gasteiger partial charge is 0.348 e. The first-order chi connectivity index (χ1) is 13.4. The molecule has 1 atom stereocenters.